The Balaban J connectivity index is 1.15. The predicted molar refractivity (Wildman–Crippen MR) is 140 cm³/mol. The van der Waals surface area contributed by atoms with Crippen molar-refractivity contribution >= 4 is 11.8 Å². The fourth-order valence-corrected chi connectivity index (χ4v) is 5.67. The molecule has 4 aromatic rings. The molecule has 0 unspecified atom stereocenters. The van der Waals surface area contributed by atoms with Crippen LogP contribution >= 0.6 is 0 Å². The van der Waals surface area contributed by atoms with Crippen molar-refractivity contribution in [1.29, 1.82) is 0 Å². The quantitative estimate of drug-likeness (QED) is 0.207. The smallest absolute Gasteiger partial charge is 0.391 e. The van der Waals surface area contributed by atoms with Crippen LogP contribution in [0.25, 0.3) is 0 Å². The summed E-state index contributed by atoms with van der Waals surface area (Å²) in [5, 5.41) is 10.4. The molecule has 2 N–H and O–H groups in total. The molecule has 2 aliphatic rings. The molecule has 183 valence electrons. The number of aliphatic hydroxyl groups is 1. The van der Waals surface area contributed by atoms with Crippen LogP contribution in [-0.2, 0) is 11.3 Å². The molecule has 0 aromatic heterocycles. The lowest BCUT2D eigenvalue weighted by Crippen LogP contribution is -2.31. The third-order valence-electron chi connectivity index (χ3n) is 7.58. The van der Waals surface area contributed by atoms with Gasteiger partial charge in [0.2, 0.25) is 4.79 Å². The first-order valence-electron chi connectivity index (χ1n) is 12.6. The summed E-state index contributed by atoms with van der Waals surface area (Å²) >= 11 is 0. The number of benzene rings is 4. The van der Waals surface area contributed by atoms with Crippen LogP contribution in [0.4, 0.5) is 0 Å². The lowest BCUT2D eigenvalue weighted by atomic mass is 10.0. The summed E-state index contributed by atoms with van der Waals surface area (Å²) in [6, 6.07) is 34.2. The van der Waals surface area contributed by atoms with E-state index in [9.17, 15) is 14.7 Å². The van der Waals surface area contributed by atoms with Gasteiger partial charge in [-0.15, -0.1) is 5.48 Å². The van der Waals surface area contributed by atoms with Crippen LogP contribution in [0.5, 0.6) is 0 Å². The number of hydroxylamine groups is 1. The van der Waals surface area contributed by atoms with Gasteiger partial charge in [0.25, 0.3) is 0 Å². The molecule has 0 saturated heterocycles. The van der Waals surface area contributed by atoms with Gasteiger partial charge in [0.15, 0.2) is 0 Å². The molecule has 0 amide bonds. The first kappa shape index (κ1) is 23.3. The first-order valence-corrected chi connectivity index (χ1v) is 12.6. The minimum atomic E-state index is -0.668. The number of hydrogen-bond donors (Lipinski definition) is 2. The van der Waals surface area contributed by atoms with E-state index in [-0.39, 0.29) is 23.5 Å². The van der Waals surface area contributed by atoms with E-state index in [0.717, 1.165) is 22.3 Å². The molecule has 2 aliphatic carbocycles. The van der Waals surface area contributed by atoms with E-state index in [1.807, 2.05) is 60.7 Å². The second kappa shape index (κ2) is 9.77. The molecule has 5 nitrogen and oxygen atoms in total. The molecule has 37 heavy (non-hydrogen) atoms. The van der Waals surface area contributed by atoms with Crippen LogP contribution < -0.4 is 5.48 Å². The summed E-state index contributed by atoms with van der Waals surface area (Å²) < 4.78 is 0. The number of hydrogen-bond acceptors (Lipinski definition) is 5. The molecular weight excluding hydrogens is 462 g/mol. The maximum absolute atomic E-state index is 13.6. The summed E-state index contributed by atoms with van der Waals surface area (Å²) in [5.74, 6) is -0.373. The monoisotopic (exact) mass is 489 g/mol. The summed E-state index contributed by atoms with van der Waals surface area (Å²) in [6.45, 7) is 0. The SMILES string of the molecule is O=C(ON[C@@H]1c2ccccc2C[C@@H]1O)c1ccc(C(=[O+])C2[C@H](c3ccccc3)[C@H]2c2ccccc2)cc1. The van der Waals surface area contributed by atoms with E-state index in [2.05, 4.69) is 29.7 Å². The zero-order valence-corrected chi connectivity index (χ0v) is 20.2. The number of ketones is 1. The molecule has 1 radical (unpaired) electrons. The molecule has 0 heterocycles. The lowest BCUT2D eigenvalue weighted by molar-refractivity contribution is -0.00332. The molecule has 1 saturated carbocycles. The van der Waals surface area contributed by atoms with Gasteiger partial charge in [0, 0.05) is 18.3 Å². The highest BCUT2D eigenvalue weighted by atomic mass is 16.7. The van der Waals surface area contributed by atoms with Crippen LogP contribution in [-0.4, -0.2) is 23.0 Å². The summed E-state index contributed by atoms with van der Waals surface area (Å²) in [7, 11) is 0. The van der Waals surface area contributed by atoms with Crippen LogP contribution in [0.3, 0.4) is 0 Å². The summed E-state index contributed by atoms with van der Waals surface area (Å²) in [5.41, 5.74) is 7.93. The maximum atomic E-state index is 13.6. The molecule has 6 rings (SSSR count). The van der Waals surface area contributed by atoms with Gasteiger partial charge < -0.3 is 9.94 Å². The number of carbonyl (C=O) groups excluding carboxylic acids is 2. The maximum Gasteiger partial charge on any atom is 0.478 e. The van der Waals surface area contributed by atoms with Gasteiger partial charge in [-0.25, -0.2) is 4.79 Å². The van der Waals surface area contributed by atoms with Gasteiger partial charge in [-0.1, -0.05) is 84.9 Å². The highest BCUT2D eigenvalue weighted by Crippen LogP contribution is 2.61. The van der Waals surface area contributed by atoms with Gasteiger partial charge in [-0.2, -0.15) is 0 Å². The zero-order chi connectivity index (χ0) is 25.4. The Morgan fingerprint density at radius 2 is 1.30 bits per heavy atom. The van der Waals surface area contributed by atoms with Crippen LogP contribution in [0.1, 0.15) is 60.8 Å². The minimum absolute atomic E-state index is 0.0754. The van der Waals surface area contributed by atoms with E-state index in [0.29, 0.717) is 17.5 Å². The van der Waals surface area contributed by atoms with Crippen molar-refractivity contribution in [3.63, 3.8) is 0 Å². The molecule has 4 aromatic carbocycles. The highest BCUT2D eigenvalue weighted by Gasteiger charge is 2.61. The average Bonchev–Trinajstić information content (AvgIpc) is 3.62. The van der Waals surface area contributed by atoms with E-state index < -0.39 is 18.1 Å². The van der Waals surface area contributed by atoms with E-state index in [4.69, 9.17) is 4.84 Å². The molecule has 0 bridgehead atoms. The van der Waals surface area contributed by atoms with Gasteiger partial charge in [0.05, 0.1) is 23.3 Å². The van der Waals surface area contributed by atoms with Gasteiger partial charge in [-0.3, -0.25) is 0 Å². The summed E-state index contributed by atoms with van der Waals surface area (Å²) in [6.07, 6.45) is -0.156. The third kappa shape index (κ3) is 4.48. The molecule has 0 spiro atoms. The lowest BCUT2D eigenvalue weighted by Gasteiger charge is -2.17. The topological polar surface area (TPSA) is 78.5 Å². The van der Waals surface area contributed by atoms with Crippen molar-refractivity contribution in [2.24, 2.45) is 5.92 Å². The van der Waals surface area contributed by atoms with Crippen LogP contribution in [0.15, 0.2) is 109 Å². The number of aliphatic hydroxyl groups excluding tert-OH is 1. The van der Waals surface area contributed by atoms with Gasteiger partial charge in [0.1, 0.15) is 5.92 Å². The Kier molecular flexibility index (Phi) is 6.16. The standard InChI is InChI=1S/C32H27NO4/c34-26-19-24-13-7-8-14-25(24)30(26)33-37-32(36)23-17-15-22(16-18-23)31(35)29-27(20-9-3-1-4-10-20)28(29)21-11-5-2-6-12-21/h1-18,26-30,33-34H,19H2/q+1/t26-,27+,28+,30+/m0/s1. The van der Waals surface area contributed by atoms with Crippen molar-refractivity contribution in [1.82, 2.24) is 5.48 Å². The zero-order valence-electron chi connectivity index (χ0n) is 20.2. The molecule has 5 heteroatoms. The van der Waals surface area contributed by atoms with Crippen molar-refractivity contribution < 1.29 is 19.5 Å². The first-order chi connectivity index (χ1) is 18.1. The molecule has 4 atom stereocenters. The normalized spacial score (nSPS) is 23.8. The number of fused-ring (bicyclic) bond motifs is 1. The van der Waals surface area contributed by atoms with Crippen LogP contribution in [0.2, 0.25) is 0 Å². The average molecular weight is 490 g/mol. The van der Waals surface area contributed by atoms with E-state index in [1.54, 1.807) is 24.3 Å². The number of carbonyl (C=O) groups is 2. The Bertz CT molecular complexity index is 1370. The Morgan fingerprint density at radius 1 is 0.757 bits per heavy atom. The second-order valence-electron chi connectivity index (χ2n) is 9.80. The van der Waals surface area contributed by atoms with Gasteiger partial charge in [-0.05, 0) is 46.5 Å². The fourth-order valence-electron chi connectivity index (χ4n) is 5.67. The summed E-state index contributed by atoms with van der Waals surface area (Å²) in [4.78, 5) is 31.5. The van der Waals surface area contributed by atoms with Crippen molar-refractivity contribution in [2.75, 3.05) is 0 Å². The van der Waals surface area contributed by atoms with E-state index in [1.165, 1.54) is 0 Å². The number of Topliss-reactive ketones (excluding diaryl/α,β-unsaturated/α-hetero) is 1. The minimum Gasteiger partial charge on any atom is -0.391 e. The molecule has 1 fully saturated rings. The molecular formula is C32H27NO4+. The predicted octanol–water partition coefficient (Wildman–Crippen LogP) is 5.39. The van der Waals surface area contributed by atoms with Crippen molar-refractivity contribution in [3.8, 4) is 0 Å². The molecule has 0 aliphatic heterocycles. The fraction of sp³-hybridized carbons (Fsp3) is 0.188. The highest BCUT2D eigenvalue weighted by molar-refractivity contribution is 6.02. The number of nitrogens with one attached hydrogen (secondary N) is 1. The van der Waals surface area contributed by atoms with Gasteiger partial charge >= 0.3 is 11.8 Å². The van der Waals surface area contributed by atoms with Crippen LogP contribution in [0, 0.1) is 5.92 Å². The Hall–Kier alpha value is -4.06. The van der Waals surface area contributed by atoms with Crippen molar-refractivity contribution in [3.05, 3.63) is 143 Å². The van der Waals surface area contributed by atoms with E-state index >= 15 is 0 Å². The number of rotatable bonds is 7. The Labute approximate surface area is 215 Å². The Morgan fingerprint density at radius 3 is 1.92 bits per heavy atom. The second-order valence-corrected chi connectivity index (χ2v) is 9.80. The largest absolute Gasteiger partial charge is 0.478 e. The third-order valence-corrected chi connectivity index (χ3v) is 7.58. The van der Waals surface area contributed by atoms with Crippen molar-refractivity contribution in [2.45, 2.75) is 30.4 Å².